The van der Waals surface area contributed by atoms with E-state index in [2.05, 4.69) is 15.5 Å². The number of nitrogens with zero attached hydrogens (tertiary/aromatic N) is 2. The highest BCUT2D eigenvalue weighted by Gasteiger charge is 2.22. The zero-order valence-electron chi connectivity index (χ0n) is 14.6. The Hall–Kier alpha value is -2.21. The first-order valence-corrected chi connectivity index (χ1v) is 8.61. The summed E-state index contributed by atoms with van der Waals surface area (Å²) in [5, 5.41) is 11.2. The third kappa shape index (κ3) is 5.98. The molecule has 0 saturated heterocycles. The average Bonchev–Trinajstić information content (AvgIpc) is 2.98. The topological polar surface area (TPSA) is 85.1 Å². The van der Waals surface area contributed by atoms with E-state index < -0.39 is 0 Å². The van der Waals surface area contributed by atoms with Crippen molar-refractivity contribution in [2.45, 2.75) is 46.1 Å². The van der Waals surface area contributed by atoms with Gasteiger partial charge >= 0.3 is 0 Å². The third-order valence-corrected chi connectivity index (χ3v) is 3.84. The number of benzene rings is 1. The Morgan fingerprint density at radius 2 is 2.00 bits per heavy atom. The number of rotatable bonds is 8. The lowest BCUT2D eigenvalue weighted by Gasteiger charge is -2.17. The van der Waals surface area contributed by atoms with Crippen molar-refractivity contribution in [2.24, 2.45) is 5.92 Å². The van der Waals surface area contributed by atoms with E-state index in [1.165, 1.54) is 0 Å². The van der Waals surface area contributed by atoms with Gasteiger partial charge in [0.25, 0.3) is 0 Å². The fourth-order valence-corrected chi connectivity index (χ4v) is 2.64. The van der Waals surface area contributed by atoms with Crippen molar-refractivity contribution in [1.82, 2.24) is 15.5 Å². The van der Waals surface area contributed by atoms with Gasteiger partial charge in [0.05, 0.1) is 0 Å². The van der Waals surface area contributed by atoms with Gasteiger partial charge in [0, 0.05) is 30.4 Å². The Bertz CT molecular complexity index is 743. The molecule has 1 aromatic heterocycles. The first-order valence-electron chi connectivity index (χ1n) is 8.23. The van der Waals surface area contributed by atoms with Gasteiger partial charge in [0.15, 0.2) is 5.78 Å². The fourth-order valence-electron chi connectivity index (χ4n) is 2.45. The molecule has 1 atom stereocenters. The highest BCUT2D eigenvalue weighted by Crippen LogP contribution is 2.20. The number of halogens is 1. The second-order valence-electron chi connectivity index (χ2n) is 6.34. The lowest BCUT2D eigenvalue weighted by molar-refractivity contribution is -0.122. The van der Waals surface area contributed by atoms with Crippen LogP contribution in [0.15, 0.2) is 28.7 Å². The minimum atomic E-state index is -0.352. The molecule has 0 radical (unpaired) electrons. The molecule has 0 aliphatic heterocycles. The number of nitrogens with one attached hydrogen (secondary N) is 1. The molecule has 0 spiro atoms. The summed E-state index contributed by atoms with van der Waals surface area (Å²) >= 11 is 5.88. The zero-order valence-corrected chi connectivity index (χ0v) is 15.3. The number of amides is 1. The van der Waals surface area contributed by atoms with Crippen molar-refractivity contribution in [3.63, 3.8) is 0 Å². The van der Waals surface area contributed by atoms with Crippen LogP contribution in [0.4, 0.5) is 0 Å². The summed E-state index contributed by atoms with van der Waals surface area (Å²) in [7, 11) is 0. The minimum absolute atomic E-state index is 0.0903. The summed E-state index contributed by atoms with van der Waals surface area (Å²) < 4.78 is 5.44. The Morgan fingerprint density at radius 3 is 2.60 bits per heavy atom. The Morgan fingerprint density at radius 1 is 1.24 bits per heavy atom. The first kappa shape index (κ1) is 19.1. The van der Waals surface area contributed by atoms with Crippen LogP contribution in [0.5, 0.6) is 0 Å². The molecular formula is C18H22ClN3O3. The summed E-state index contributed by atoms with van der Waals surface area (Å²) in [4.78, 5) is 24.4. The molecule has 2 rings (SSSR count). The van der Waals surface area contributed by atoms with E-state index in [1.807, 2.05) is 13.8 Å². The van der Waals surface area contributed by atoms with E-state index in [9.17, 15) is 9.59 Å². The highest BCUT2D eigenvalue weighted by atomic mass is 35.5. The van der Waals surface area contributed by atoms with Crippen molar-refractivity contribution in [3.8, 4) is 0 Å². The SMILES string of the molecule is Cc1nnc(C(CC(C)C)NC(=O)CCC(=O)c2cccc(Cl)c2)o1. The Kier molecular flexibility index (Phi) is 6.70. The maximum atomic E-state index is 12.2. The highest BCUT2D eigenvalue weighted by molar-refractivity contribution is 6.31. The van der Waals surface area contributed by atoms with Crippen molar-refractivity contribution < 1.29 is 14.0 Å². The van der Waals surface area contributed by atoms with Crippen LogP contribution >= 0.6 is 11.6 Å². The van der Waals surface area contributed by atoms with Crippen LogP contribution in [-0.2, 0) is 4.79 Å². The van der Waals surface area contributed by atoms with Gasteiger partial charge in [-0.15, -0.1) is 10.2 Å². The van der Waals surface area contributed by atoms with E-state index in [0.717, 1.165) is 0 Å². The third-order valence-electron chi connectivity index (χ3n) is 3.61. The molecule has 0 saturated carbocycles. The molecule has 25 heavy (non-hydrogen) atoms. The van der Waals surface area contributed by atoms with E-state index in [0.29, 0.717) is 34.7 Å². The van der Waals surface area contributed by atoms with Crippen LogP contribution in [0, 0.1) is 12.8 Å². The van der Waals surface area contributed by atoms with Crippen molar-refractivity contribution in [1.29, 1.82) is 0 Å². The van der Waals surface area contributed by atoms with Gasteiger partial charge in [-0.3, -0.25) is 9.59 Å². The summed E-state index contributed by atoms with van der Waals surface area (Å²) in [6.45, 7) is 5.80. The Balaban J connectivity index is 1.93. The number of hydrogen-bond donors (Lipinski definition) is 1. The quantitative estimate of drug-likeness (QED) is 0.719. The van der Waals surface area contributed by atoms with Gasteiger partial charge in [-0.05, 0) is 24.5 Å². The summed E-state index contributed by atoms with van der Waals surface area (Å²) in [6, 6.07) is 6.36. The van der Waals surface area contributed by atoms with Gasteiger partial charge in [-0.25, -0.2) is 0 Å². The van der Waals surface area contributed by atoms with Gasteiger partial charge in [-0.1, -0.05) is 37.6 Å². The molecular weight excluding hydrogens is 342 g/mol. The van der Waals surface area contributed by atoms with E-state index >= 15 is 0 Å². The second-order valence-corrected chi connectivity index (χ2v) is 6.78. The molecule has 7 heteroatoms. The van der Waals surface area contributed by atoms with Gasteiger partial charge < -0.3 is 9.73 Å². The van der Waals surface area contributed by atoms with Crippen molar-refractivity contribution >= 4 is 23.3 Å². The van der Waals surface area contributed by atoms with Crippen LogP contribution in [0.25, 0.3) is 0 Å². The molecule has 1 unspecified atom stereocenters. The zero-order chi connectivity index (χ0) is 18.4. The van der Waals surface area contributed by atoms with Crippen LogP contribution in [0.2, 0.25) is 5.02 Å². The molecule has 0 bridgehead atoms. The molecule has 2 aromatic rings. The number of Topliss-reactive ketones (excluding diaryl/α,β-unsaturated/α-hetero) is 1. The number of aryl methyl sites for hydroxylation is 1. The molecule has 0 fully saturated rings. The molecule has 134 valence electrons. The van der Waals surface area contributed by atoms with Gasteiger partial charge in [0.2, 0.25) is 17.7 Å². The summed E-state index contributed by atoms with van der Waals surface area (Å²) in [5.41, 5.74) is 0.506. The molecule has 6 nitrogen and oxygen atoms in total. The summed E-state index contributed by atoms with van der Waals surface area (Å²) in [6.07, 6.45) is 0.881. The fraction of sp³-hybridized carbons (Fsp3) is 0.444. The first-order chi connectivity index (χ1) is 11.8. The van der Waals surface area contributed by atoms with Crippen molar-refractivity contribution in [3.05, 3.63) is 46.6 Å². The molecule has 1 amide bonds. The molecule has 1 heterocycles. The monoisotopic (exact) mass is 363 g/mol. The lowest BCUT2D eigenvalue weighted by atomic mass is 10.0. The number of ketones is 1. The number of aromatic nitrogens is 2. The van der Waals surface area contributed by atoms with Crippen LogP contribution in [0.1, 0.15) is 61.3 Å². The van der Waals surface area contributed by atoms with Crippen LogP contribution in [-0.4, -0.2) is 21.9 Å². The smallest absolute Gasteiger partial charge is 0.238 e. The normalized spacial score (nSPS) is 12.2. The van der Waals surface area contributed by atoms with Gasteiger partial charge in [0.1, 0.15) is 6.04 Å². The summed E-state index contributed by atoms with van der Waals surface area (Å²) in [5.74, 6) is 0.837. The maximum absolute atomic E-state index is 12.2. The second kappa shape index (κ2) is 8.76. The van der Waals surface area contributed by atoms with Gasteiger partial charge in [-0.2, -0.15) is 0 Å². The van der Waals surface area contributed by atoms with E-state index in [-0.39, 0.29) is 30.6 Å². The van der Waals surface area contributed by atoms with Crippen molar-refractivity contribution in [2.75, 3.05) is 0 Å². The van der Waals surface area contributed by atoms with E-state index in [4.69, 9.17) is 16.0 Å². The van der Waals surface area contributed by atoms with Crippen LogP contribution < -0.4 is 5.32 Å². The maximum Gasteiger partial charge on any atom is 0.238 e. The average molecular weight is 364 g/mol. The predicted molar refractivity (Wildman–Crippen MR) is 94.4 cm³/mol. The standard InChI is InChI=1S/C18H22ClN3O3/c1-11(2)9-15(18-22-21-12(3)25-18)20-17(24)8-7-16(23)13-5-4-6-14(19)10-13/h4-6,10-11,15H,7-9H2,1-3H3,(H,20,24). The number of carbonyl (C=O) groups excluding carboxylic acids is 2. The molecule has 1 N–H and O–H groups in total. The van der Waals surface area contributed by atoms with Crippen LogP contribution in [0.3, 0.4) is 0 Å². The van der Waals surface area contributed by atoms with E-state index in [1.54, 1.807) is 31.2 Å². The number of hydrogen-bond acceptors (Lipinski definition) is 5. The Labute approximate surface area is 152 Å². The minimum Gasteiger partial charge on any atom is -0.423 e. The molecule has 0 aliphatic rings. The lowest BCUT2D eigenvalue weighted by Crippen LogP contribution is -2.30. The predicted octanol–water partition coefficient (Wildman–Crippen LogP) is 3.90. The number of carbonyl (C=O) groups is 2. The molecule has 1 aromatic carbocycles. The molecule has 0 aliphatic carbocycles. The largest absolute Gasteiger partial charge is 0.423 e.